The van der Waals surface area contributed by atoms with Gasteiger partial charge in [0.2, 0.25) is 0 Å². The number of carbonyl (C=O) groups excluding carboxylic acids is 1. The molecule has 0 unspecified atom stereocenters. The third-order valence-corrected chi connectivity index (χ3v) is 4.75. The molecule has 2 N–H and O–H groups in total. The van der Waals surface area contributed by atoms with E-state index in [2.05, 4.69) is 15.6 Å². The molecule has 1 heterocycles. The van der Waals surface area contributed by atoms with Gasteiger partial charge in [-0.05, 0) is 31.9 Å². The fourth-order valence-corrected chi connectivity index (χ4v) is 3.28. The standard InChI is InChI=1S/C16H19ClN4O2/c1-11-14(15(23)18-16(10-22)8-4-5-9-16)19-20-21(11)13-7-3-2-6-12(13)17/h2-3,6-7,22H,4-5,8-10H2,1H3,(H,18,23). The largest absolute Gasteiger partial charge is 0.394 e. The van der Waals surface area contributed by atoms with Crippen LogP contribution in [0.3, 0.4) is 0 Å². The average molecular weight is 335 g/mol. The molecule has 1 aliphatic carbocycles. The second-order valence-corrected chi connectivity index (χ2v) is 6.39. The molecule has 1 aromatic carbocycles. The molecule has 0 bridgehead atoms. The number of halogens is 1. The Labute approximate surface area is 139 Å². The Kier molecular flexibility index (Phi) is 4.37. The quantitative estimate of drug-likeness (QED) is 0.898. The number of carbonyl (C=O) groups is 1. The highest BCUT2D eigenvalue weighted by Crippen LogP contribution is 2.29. The van der Waals surface area contributed by atoms with Gasteiger partial charge in [0.1, 0.15) is 0 Å². The molecule has 1 aromatic heterocycles. The maximum Gasteiger partial charge on any atom is 0.274 e. The summed E-state index contributed by atoms with van der Waals surface area (Å²) in [5, 5.41) is 21.2. The van der Waals surface area contributed by atoms with Crippen LogP contribution in [0.5, 0.6) is 0 Å². The molecule has 122 valence electrons. The first-order chi connectivity index (χ1) is 11.1. The fraction of sp³-hybridized carbons (Fsp3) is 0.438. The Morgan fingerprint density at radius 3 is 2.74 bits per heavy atom. The van der Waals surface area contributed by atoms with Crippen LogP contribution >= 0.6 is 11.6 Å². The van der Waals surface area contributed by atoms with Crippen molar-refractivity contribution in [3.05, 3.63) is 40.7 Å². The zero-order chi connectivity index (χ0) is 16.4. The highest BCUT2D eigenvalue weighted by atomic mass is 35.5. The number of amides is 1. The lowest BCUT2D eigenvalue weighted by molar-refractivity contribution is 0.0832. The number of aliphatic hydroxyl groups is 1. The second kappa shape index (κ2) is 6.29. The predicted molar refractivity (Wildman–Crippen MR) is 86.9 cm³/mol. The van der Waals surface area contributed by atoms with Gasteiger partial charge in [-0.15, -0.1) is 5.10 Å². The fourth-order valence-electron chi connectivity index (χ4n) is 3.07. The molecule has 0 spiro atoms. The molecule has 23 heavy (non-hydrogen) atoms. The van der Waals surface area contributed by atoms with Crippen LogP contribution < -0.4 is 5.32 Å². The van der Waals surface area contributed by atoms with Crippen molar-refractivity contribution >= 4 is 17.5 Å². The summed E-state index contributed by atoms with van der Waals surface area (Å²) in [6.07, 6.45) is 3.58. The van der Waals surface area contributed by atoms with Crippen LogP contribution in [0.15, 0.2) is 24.3 Å². The van der Waals surface area contributed by atoms with Gasteiger partial charge in [-0.25, -0.2) is 4.68 Å². The summed E-state index contributed by atoms with van der Waals surface area (Å²) in [4.78, 5) is 12.5. The zero-order valence-electron chi connectivity index (χ0n) is 12.9. The van der Waals surface area contributed by atoms with Crippen LogP contribution in [0, 0.1) is 6.92 Å². The van der Waals surface area contributed by atoms with E-state index in [1.807, 2.05) is 18.2 Å². The van der Waals surface area contributed by atoms with Crippen LogP contribution in [0.1, 0.15) is 41.9 Å². The van der Waals surface area contributed by atoms with E-state index in [0.717, 1.165) is 25.7 Å². The van der Waals surface area contributed by atoms with Gasteiger partial charge in [0.25, 0.3) is 5.91 Å². The van der Waals surface area contributed by atoms with E-state index in [9.17, 15) is 9.90 Å². The first kappa shape index (κ1) is 16.0. The summed E-state index contributed by atoms with van der Waals surface area (Å²) in [6.45, 7) is 1.72. The first-order valence-electron chi connectivity index (χ1n) is 7.67. The molecule has 1 fully saturated rings. The SMILES string of the molecule is Cc1c(C(=O)NC2(CO)CCCC2)nnn1-c1ccccc1Cl. The highest BCUT2D eigenvalue weighted by Gasteiger charge is 2.36. The molecule has 2 aromatic rings. The lowest BCUT2D eigenvalue weighted by atomic mass is 9.98. The lowest BCUT2D eigenvalue weighted by Gasteiger charge is -2.27. The molecule has 0 saturated heterocycles. The summed E-state index contributed by atoms with van der Waals surface area (Å²) >= 11 is 6.18. The Bertz CT molecular complexity index is 723. The smallest absolute Gasteiger partial charge is 0.274 e. The van der Waals surface area contributed by atoms with Gasteiger partial charge in [0.15, 0.2) is 5.69 Å². The number of hydrogen-bond acceptors (Lipinski definition) is 4. The molecular formula is C16H19ClN4O2. The van der Waals surface area contributed by atoms with Crippen LogP contribution in [-0.4, -0.2) is 38.2 Å². The van der Waals surface area contributed by atoms with E-state index in [0.29, 0.717) is 16.4 Å². The number of rotatable bonds is 4. The molecule has 0 atom stereocenters. The van der Waals surface area contributed by atoms with E-state index in [-0.39, 0.29) is 18.2 Å². The summed E-state index contributed by atoms with van der Waals surface area (Å²) in [7, 11) is 0. The number of hydrogen-bond donors (Lipinski definition) is 2. The van der Waals surface area contributed by atoms with Crippen molar-refractivity contribution in [2.75, 3.05) is 6.61 Å². The number of nitrogens with one attached hydrogen (secondary N) is 1. The Morgan fingerprint density at radius 1 is 1.39 bits per heavy atom. The van der Waals surface area contributed by atoms with Crippen molar-refractivity contribution in [3.8, 4) is 5.69 Å². The number of aliphatic hydroxyl groups excluding tert-OH is 1. The molecule has 7 heteroatoms. The number of aromatic nitrogens is 3. The van der Waals surface area contributed by atoms with Gasteiger partial charge >= 0.3 is 0 Å². The third kappa shape index (κ3) is 2.96. The van der Waals surface area contributed by atoms with Crippen molar-refractivity contribution in [3.63, 3.8) is 0 Å². The minimum absolute atomic E-state index is 0.0591. The first-order valence-corrected chi connectivity index (χ1v) is 8.05. The van der Waals surface area contributed by atoms with Crippen molar-refractivity contribution in [2.45, 2.75) is 38.1 Å². The lowest BCUT2D eigenvalue weighted by Crippen LogP contribution is -2.49. The topological polar surface area (TPSA) is 80.0 Å². The van der Waals surface area contributed by atoms with Crippen LogP contribution in [-0.2, 0) is 0 Å². The third-order valence-electron chi connectivity index (χ3n) is 4.43. The molecule has 0 aliphatic heterocycles. The molecule has 3 rings (SSSR count). The van der Waals surface area contributed by atoms with Crippen LogP contribution in [0.4, 0.5) is 0 Å². The maximum atomic E-state index is 12.5. The van der Waals surface area contributed by atoms with Crippen LogP contribution in [0.25, 0.3) is 5.69 Å². The summed E-state index contributed by atoms with van der Waals surface area (Å²) in [6, 6.07) is 7.26. The van der Waals surface area contributed by atoms with Crippen LogP contribution in [0.2, 0.25) is 5.02 Å². The number of benzene rings is 1. The van der Waals surface area contributed by atoms with Gasteiger partial charge in [-0.3, -0.25) is 4.79 Å². The predicted octanol–water partition coefficient (Wildman–Crippen LogP) is 2.26. The van der Waals surface area contributed by atoms with E-state index in [1.165, 1.54) is 0 Å². The monoisotopic (exact) mass is 334 g/mol. The van der Waals surface area contributed by atoms with Gasteiger partial charge in [-0.1, -0.05) is 41.8 Å². The molecule has 1 aliphatic rings. The van der Waals surface area contributed by atoms with Crippen molar-refractivity contribution in [1.82, 2.24) is 20.3 Å². The molecular weight excluding hydrogens is 316 g/mol. The van der Waals surface area contributed by atoms with E-state index in [4.69, 9.17) is 11.6 Å². The summed E-state index contributed by atoms with van der Waals surface area (Å²) in [5.74, 6) is -0.309. The Hall–Kier alpha value is -1.92. The van der Waals surface area contributed by atoms with Gasteiger partial charge < -0.3 is 10.4 Å². The highest BCUT2D eigenvalue weighted by molar-refractivity contribution is 6.32. The summed E-state index contributed by atoms with van der Waals surface area (Å²) in [5.41, 5.74) is 1.01. The minimum atomic E-state index is -0.530. The van der Waals surface area contributed by atoms with Gasteiger partial charge in [0, 0.05) is 0 Å². The molecule has 1 amide bonds. The second-order valence-electron chi connectivity index (χ2n) is 5.99. The Morgan fingerprint density at radius 2 is 2.09 bits per heavy atom. The Balaban J connectivity index is 1.87. The summed E-state index contributed by atoms with van der Waals surface area (Å²) < 4.78 is 1.55. The normalized spacial score (nSPS) is 16.5. The van der Waals surface area contributed by atoms with E-state index in [1.54, 1.807) is 17.7 Å². The molecule has 0 radical (unpaired) electrons. The van der Waals surface area contributed by atoms with Crippen molar-refractivity contribution < 1.29 is 9.90 Å². The number of nitrogens with zero attached hydrogens (tertiary/aromatic N) is 3. The van der Waals surface area contributed by atoms with E-state index >= 15 is 0 Å². The van der Waals surface area contributed by atoms with Crippen molar-refractivity contribution in [1.29, 1.82) is 0 Å². The molecule has 1 saturated carbocycles. The number of para-hydroxylation sites is 1. The molecule has 6 nitrogen and oxygen atoms in total. The minimum Gasteiger partial charge on any atom is -0.394 e. The average Bonchev–Trinajstić information content (AvgIpc) is 3.15. The zero-order valence-corrected chi connectivity index (χ0v) is 13.7. The van der Waals surface area contributed by atoms with E-state index < -0.39 is 5.54 Å². The van der Waals surface area contributed by atoms with Crippen molar-refractivity contribution in [2.24, 2.45) is 0 Å². The maximum absolute atomic E-state index is 12.5. The van der Waals surface area contributed by atoms with Gasteiger partial charge in [0.05, 0.1) is 28.5 Å². The van der Waals surface area contributed by atoms with Gasteiger partial charge in [-0.2, -0.15) is 0 Å².